The van der Waals surface area contributed by atoms with E-state index in [-0.39, 0.29) is 35.9 Å². The first-order chi connectivity index (χ1) is 14.3. The molecule has 0 radical (unpaired) electrons. The number of nitrogens with one attached hydrogen (secondary N) is 1. The van der Waals surface area contributed by atoms with Crippen molar-refractivity contribution in [3.05, 3.63) is 46.9 Å². The molecule has 0 spiro atoms. The Kier molecular flexibility index (Phi) is 5.36. The fraction of sp³-hybridized carbons (Fsp3) is 0.429. The molecular formula is C21H23F2N5O2. The van der Waals surface area contributed by atoms with Crippen LogP contribution in [0.25, 0.3) is 11.0 Å². The van der Waals surface area contributed by atoms with Gasteiger partial charge in [0.05, 0.1) is 17.1 Å². The Hall–Kier alpha value is -3.10. The molecule has 0 saturated heterocycles. The summed E-state index contributed by atoms with van der Waals surface area (Å²) < 4.78 is 34.4. The Morgan fingerprint density at radius 3 is 2.77 bits per heavy atom. The van der Waals surface area contributed by atoms with Gasteiger partial charge < -0.3 is 10.1 Å². The van der Waals surface area contributed by atoms with Crippen LogP contribution in [-0.4, -0.2) is 32.3 Å². The minimum absolute atomic E-state index is 0.0250. The molecule has 0 aliphatic heterocycles. The Morgan fingerprint density at radius 1 is 1.37 bits per heavy atom. The van der Waals surface area contributed by atoms with Crippen LogP contribution in [0.5, 0.6) is 5.88 Å². The molecule has 1 aliphatic carbocycles. The largest absolute Gasteiger partial charge is 0.467 e. The van der Waals surface area contributed by atoms with E-state index in [4.69, 9.17) is 4.74 Å². The smallest absolute Gasteiger partial charge is 0.264 e. The summed E-state index contributed by atoms with van der Waals surface area (Å²) in [6.45, 7) is 3.38. The van der Waals surface area contributed by atoms with E-state index in [1.165, 1.54) is 10.7 Å². The summed E-state index contributed by atoms with van der Waals surface area (Å²) in [6.07, 6.45) is 0.900. The first-order valence-electron chi connectivity index (χ1n) is 9.84. The highest BCUT2D eigenvalue weighted by Crippen LogP contribution is 2.44. The molecule has 1 fully saturated rings. The molecule has 1 amide bonds. The van der Waals surface area contributed by atoms with Gasteiger partial charge in [-0.2, -0.15) is 10.1 Å². The molecule has 0 bridgehead atoms. The van der Waals surface area contributed by atoms with Crippen LogP contribution in [0.3, 0.4) is 0 Å². The van der Waals surface area contributed by atoms with Gasteiger partial charge in [0.15, 0.2) is 12.3 Å². The minimum Gasteiger partial charge on any atom is -0.467 e. The number of fused-ring (bicyclic) bond motifs is 1. The quantitative estimate of drug-likeness (QED) is 0.636. The summed E-state index contributed by atoms with van der Waals surface area (Å²) in [4.78, 5) is 20.8. The van der Waals surface area contributed by atoms with Gasteiger partial charge in [-0.3, -0.25) is 14.5 Å². The van der Waals surface area contributed by atoms with E-state index < -0.39 is 6.43 Å². The van der Waals surface area contributed by atoms with Gasteiger partial charge in [-0.15, -0.1) is 0 Å². The second-order valence-electron chi connectivity index (χ2n) is 7.64. The van der Waals surface area contributed by atoms with Gasteiger partial charge in [-0.25, -0.2) is 8.78 Å². The Labute approximate surface area is 172 Å². The Balaban J connectivity index is 1.49. The molecule has 0 aromatic carbocycles. The van der Waals surface area contributed by atoms with Crippen LogP contribution < -0.4 is 10.1 Å². The van der Waals surface area contributed by atoms with Crippen molar-refractivity contribution < 1.29 is 18.3 Å². The van der Waals surface area contributed by atoms with Gasteiger partial charge in [-0.05, 0) is 38.3 Å². The number of halogens is 2. The maximum atomic E-state index is 13.7. The lowest BCUT2D eigenvalue weighted by Gasteiger charge is -2.15. The molecule has 3 heterocycles. The predicted molar refractivity (Wildman–Crippen MR) is 106 cm³/mol. The summed E-state index contributed by atoms with van der Waals surface area (Å²) in [5.41, 5.74) is 2.58. The van der Waals surface area contributed by atoms with Crippen molar-refractivity contribution >= 4 is 16.9 Å². The molecule has 7 nitrogen and oxygen atoms in total. The highest BCUT2D eigenvalue weighted by molar-refractivity contribution is 5.84. The molecule has 1 N–H and O–H groups in total. The third-order valence-corrected chi connectivity index (χ3v) is 5.19. The summed E-state index contributed by atoms with van der Waals surface area (Å²) in [6, 6.07) is 4.70. The molecule has 30 heavy (non-hydrogen) atoms. The van der Waals surface area contributed by atoms with Crippen molar-refractivity contribution in [1.82, 2.24) is 25.1 Å². The van der Waals surface area contributed by atoms with Gasteiger partial charge in [0, 0.05) is 36.5 Å². The number of ether oxygens (including phenoxy) is 1. The zero-order valence-corrected chi connectivity index (χ0v) is 17.0. The summed E-state index contributed by atoms with van der Waals surface area (Å²) in [5, 5.41) is 7.59. The standard InChI is InChI=1S/C21H23F2N5O2/c1-11-4-5-14(9-24-11)12(2)25-16(29)10-30-17-8-15(20(22)23)18-19(13-6-7-13)27-28(3)21(18)26-17/h4-5,8-9,12-13,20H,6-7,10H2,1-3H3,(H,25,29). The maximum absolute atomic E-state index is 13.7. The van der Waals surface area contributed by atoms with Crippen LogP contribution in [0.2, 0.25) is 0 Å². The van der Waals surface area contributed by atoms with Gasteiger partial charge in [0.25, 0.3) is 12.3 Å². The van der Waals surface area contributed by atoms with E-state index in [2.05, 4.69) is 20.4 Å². The number of amides is 1. The number of pyridine rings is 2. The predicted octanol–water partition coefficient (Wildman–Crippen LogP) is 3.74. The lowest BCUT2D eigenvalue weighted by Crippen LogP contribution is -2.31. The van der Waals surface area contributed by atoms with Crippen molar-refractivity contribution in [3.63, 3.8) is 0 Å². The molecule has 1 unspecified atom stereocenters. The Bertz CT molecular complexity index is 1080. The lowest BCUT2D eigenvalue weighted by molar-refractivity contribution is -0.123. The maximum Gasteiger partial charge on any atom is 0.264 e. The summed E-state index contributed by atoms with van der Waals surface area (Å²) in [5.74, 6) is -0.196. The van der Waals surface area contributed by atoms with Crippen LogP contribution in [0, 0.1) is 6.92 Å². The van der Waals surface area contributed by atoms with Crippen LogP contribution >= 0.6 is 0 Å². The van der Waals surface area contributed by atoms with E-state index in [0.717, 1.165) is 24.1 Å². The van der Waals surface area contributed by atoms with Crippen LogP contribution in [-0.2, 0) is 11.8 Å². The fourth-order valence-corrected chi connectivity index (χ4v) is 3.41. The monoisotopic (exact) mass is 415 g/mol. The Morgan fingerprint density at radius 2 is 2.13 bits per heavy atom. The molecular weight excluding hydrogens is 392 g/mol. The third-order valence-electron chi connectivity index (χ3n) is 5.19. The molecule has 4 rings (SSSR count). The molecule has 1 aliphatic rings. The van der Waals surface area contributed by atoms with Crippen molar-refractivity contribution in [1.29, 1.82) is 0 Å². The highest BCUT2D eigenvalue weighted by atomic mass is 19.3. The zero-order valence-electron chi connectivity index (χ0n) is 17.0. The number of hydrogen-bond donors (Lipinski definition) is 1. The van der Waals surface area contributed by atoms with Crippen molar-refractivity contribution in [2.24, 2.45) is 7.05 Å². The van der Waals surface area contributed by atoms with Crippen molar-refractivity contribution in [2.75, 3.05) is 6.61 Å². The fourth-order valence-electron chi connectivity index (χ4n) is 3.41. The first-order valence-corrected chi connectivity index (χ1v) is 9.84. The molecule has 3 aromatic rings. The number of aryl methyl sites for hydroxylation is 2. The van der Waals surface area contributed by atoms with E-state index in [9.17, 15) is 13.6 Å². The van der Waals surface area contributed by atoms with E-state index in [1.807, 2.05) is 26.0 Å². The zero-order chi connectivity index (χ0) is 21.4. The molecule has 3 aromatic heterocycles. The highest BCUT2D eigenvalue weighted by Gasteiger charge is 2.32. The van der Waals surface area contributed by atoms with E-state index in [1.54, 1.807) is 13.2 Å². The average molecular weight is 415 g/mol. The average Bonchev–Trinajstić information content (AvgIpc) is 3.50. The van der Waals surface area contributed by atoms with Crippen LogP contribution in [0.4, 0.5) is 8.78 Å². The lowest BCUT2D eigenvalue weighted by atomic mass is 10.1. The van der Waals surface area contributed by atoms with Crippen molar-refractivity contribution in [3.8, 4) is 5.88 Å². The van der Waals surface area contributed by atoms with Crippen LogP contribution in [0.1, 0.15) is 60.7 Å². The topological polar surface area (TPSA) is 81.9 Å². The number of hydrogen-bond acceptors (Lipinski definition) is 5. The number of alkyl halides is 2. The number of carbonyl (C=O) groups is 1. The SMILES string of the molecule is Cc1ccc(C(C)NC(=O)COc2cc(C(F)F)c3c(C4CC4)nn(C)c3n2)cn1. The van der Waals surface area contributed by atoms with Crippen molar-refractivity contribution in [2.45, 2.75) is 45.1 Å². The number of nitrogens with zero attached hydrogens (tertiary/aromatic N) is 4. The number of aromatic nitrogens is 4. The second kappa shape index (κ2) is 7.97. The van der Waals surface area contributed by atoms with Gasteiger partial charge in [0.1, 0.15) is 0 Å². The molecule has 1 saturated carbocycles. The molecule has 1 atom stereocenters. The molecule has 158 valence electrons. The normalized spacial score (nSPS) is 14.9. The minimum atomic E-state index is -2.69. The summed E-state index contributed by atoms with van der Waals surface area (Å²) >= 11 is 0. The first kappa shape index (κ1) is 20.2. The van der Waals surface area contributed by atoms with Gasteiger partial charge >= 0.3 is 0 Å². The third kappa shape index (κ3) is 4.10. The second-order valence-corrected chi connectivity index (χ2v) is 7.64. The van der Waals surface area contributed by atoms with Gasteiger partial charge in [0.2, 0.25) is 5.88 Å². The van der Waals surface area contributed by atoms with Crippen LogP contribution in [0.15, 0.2) is 24.4 Å². The molecule has 9 heteroatoms. The van der Waals surface area contributed by atoms with Gasteiger partial charge in [-0.1, -0.05) is 6.07 Å². The van der Waals surface area contributed by atoms with E-state index in [0.29, 0.717) is 16.7 Å². The van der Waals surface area contributed by atoms with E-state index >= 15 is 0 Å². The number of rotatable bonds is 7. The number of carbonyl (C=O) groups excluding carboxylic acids is 1. The summed E-state index contributed by atoms with van der Waals surface area (Å²) in [7, 11) is 1.67.